The molecule has 0 radical (unpaired) electrons. The number of nitrogens with zero attached hydrogens (tertiary/aromatic N) is 7. The molecule has 3 aromatic rings. The molecule has 252 valence electrons. The Morgan fingerprint density at radius 2 is 1.74 bits per heavy atom. The smallest absolute Gasteiger partial charge is 0.136 e. The van der Waals surface area contributed by atoms with Gasteiger partial charge in [-0.15, -0.1) is 0 Å². The van der Waals surface area contributed by atoms with Gasteiger partial charge in [0, 0.05) is 56.1 Å². The molecule has 1 aliphatic carbocycles. The van der Waals surface area contributed by atoms with Crippen molar-refractivity contribution in [1.82, 2.24) is 29.5 Å². The van der Waals surface area contributed by atoms with Crippen molar-refractivity contribution in [3.63, 3.8) is 0 Å². The van der Waals surface area contributed by atoms with Crippen LogP contribution in [0.5, 0.6) is 0 Å². The first kappa shape index (κ1) is 32.2. The number of nitrogens with two attached hydrogens (primary N) is 1. The summed E-state index contributed by atoms with van der Waals surface area (Å²) in [6.45, 7) is 16.8. The molecule has 8 nitrogen and oxygen atoms in total. The molecule has 5 heterocycles. The predicted octanol–water partition coefficient (Wildman–Crippen LogP) is 6.62. The lowest BCUT2D eigenvalue weighted by molar-refractivity contribution is 0.181. The quantitative estimate of drug-likeness (QED) is 0.265. The Labute approximate surface area is 282 Å². The molecule has 7 rings (SSSR count). The molecular weight excluding hydrogens is 580 g/mol. The minimum Gasteiger partial charge on any atom is -0.399 e. The molecule has 2 N–H and O–H groups in total. The molecule has 3 aliphatic heterocycles. The van der Waals surface area contributed by atoms with Gasteiger partial charge in [0.05, 0.1) is 17.9 Å². The number of nitrogen functional groups attached to an aromatic ring is 1. The van der Waals surface area contributed by atoms with E-state index in [0.29, 0.717) is 5.54 Å². The van der Waals surface area contributed by atoms with Crippen LogP contribution in [-0.2, 0) is 37.8 Å². The van der Waals surface area contributed by atoms with Crippen molar-refractivity contribution in [2.24, 2.45) is 5.41 Å². The van der Waals surface area contributed by atoms with E-state index in [1.54, 1.807) is 0 Å². The molecule has 4 aliphatic rings. The van der Waals surface area contributed by atoms with Crippen LogP contribution in [-0.4, -0.2) is 68.8 Å². The minimum absolute atomic E-state index is 0.0453. The summed E-state index contributed by atoms with van der Waals surface area (Å²) in [5.74, 6) is 2.23. The molecule has 2 aromatic heterocycles. The summed E-state index contributed by atoms with van der Waals surface area (Å²) < 4.78 is 2.20. The topological polar surface area (TPSA) is 79.3 Å². The Morgan fingerprint density at radius 1 is 1.00 bits per heavy atom. The van der Waals surface area contributed by atoms with Crippen LogP contribution in [0, 0.1) is 5.41 Å². The van der Waals surface area contributed by atoms with Gasteiger partial charge in [-0.1, -0.05) is 39.5 Å². The maximum absolute atomic E-state index is 6.05. The summed E-state index contributed by atoms with van der Waals surface area (Å²) in [7, 11) is 4.07. The standard InChI is InChI=1S/C39H56N8/c1-28(44(5)6)33-24-31-26-45(20-9-23-47(31)43-33)36-32-14-18-38(4,27-37(2,3)29-10-12-30(40)13-11-29)25-34(32)41-35(42-36)15-19-39-16-7-21-46(39)22-8-17-39/h10-13,24H,1,7-9,14-23,25-27,40H2,2-6H3. The van der Waals surface area contributed by atoms with Crippen molar-refractivity contribution in [1.29, 1.82) is 0 Å². The maximum atomic E-state index is 6.05. The molecule has 2 fully saturated rings. The normalized spacial score (nSPS) is 22.4. The predicted molar refractivity (Wildman–Crippen MR) is 192 cm³/mol. The molecule has 0 spiro atoms. The molecule has 0 saturated carbocycles. The van der Waals surface area contributed by atoms with E-state index in [-0.39, 0.29) is 10.8 Å². The van der Waals surface area contributed by atoms with Crippen molar-refractivity contribution >= 4 is 17.2 Å². The average molecular weight is 637 g/mol. The fraction of sp³-hybridized carbons (Fsp3) is 0.615. The molecule has 0 bridgehead atoms. The SMILES string of the molecule is C=C(c1cc2n(n1)CCCN(c1nc(CCC34CCCN3CCC4)nc3c1CCC(C)(CC(C)(C)c1ccc(N)cc1)C3)C2)N(C)C. The van der Waals surface area contributed by atoms with Crippen molar-refractivity contribution in [2.45, 2.75) is 115 Å². The summed E-state index contributed by atoms with van der Waals surface area (Å²) in [5.41, 5.74) is 14.6. The molecule has 2 saturated heterocycles. The summed E-state index contributed by atoms with van der Waals surface area (Å²) in [6, 6.07) is 10.8. The molecule has 1 unspecified atom stereocenters. The van der Waals surface area contributed by atoms with E-state index in [1.807, 2.05) is 31.1 Å². The number of benzene rings is 1. The van der Waals surface area contributed by atoms with Crippen LogP contribution in [0.15, 0.2) is 36.9 Å². The van der Waals surface area contributed by atoms with Crippen molar-refractivity contribution in [3.05, 3.63) is 70.9 Å². The second kappa shape index (κ2) is 12.2. The van der Waals surface area contributed by atoms with E-state index >= 15 is 0 Å². The molecule has 0 amide bonds. The average Bonchev–Trinajstić information content (AvgIpc) is 3.69. The molecule has 1 atom stereocenters. The minimum atomic E-state index is 0.0453. The van der Waals surface area contributed by atoms with Crippen LogP contribution in [0.3, 0.4) is 0 Å². The van der Waals surface area contributed by atoms with E-state index in [2.05, 4.69) is 60.0 Å². The van der Waals surface area contributed by atoms with Crippen LogP contribution >= 0.6 is 0 Å². The van der Waals surface area contributed by atoms with Gasteiger partial charge in [0.25, 0.3) is 0 Å². The highest BCUT2D eigenvalue weighted by atomic mass is 15.3. The monoisotopic (exact) mass is 636 g/mol. The number of hydrogen-bond acceptors (Lipinski definition) is 7. The van der Waals surface area contributed by atoms with Crippen molar-refractivity contribution in [2.75, 3.05) is 44.4 Å². The van der Waals surface area contributed by atoms with Crippen LogP contribution < -0.4 is 10.6 Å². The number of rotatable bonds is 9. The van der Waals surface area contributed by atoms with Gasteiger partial charge in [-0.25, -0.2) is 9.97 Å². The first-order valence-corrected chi connectivity index (χ1v) is 18.1. The van der Waals surface area contributed by atoms with Gasteiger partial charge in [0.1, 0.15) is 17.3 Å². The summed E-state index contributed by atoms with van der Waals surface area (Å²) in [5, 5.41) is 4.96. The molecule has 47 heavy (non-hydrogen) atoms. The second-order valence-corrected chi connectivity index (χ2v) is 16.3. The van der Waals surface area contributed by atoms with E-state index in [4.69, 9.17) is 20.8 Å². The summed E-state index contributed by atoms with van der Waals surface area (Å²) in [4.78, 5) is 18.3. The third-order valence-corrected chi connectivity index (χ3v) is 12.0. The lowest BCUT2D eigenvalue weighted by atomic mass is 9.64. The van der Waals surface area contributed by atoms with Crippen LogP contribution in [0.1, 0.15) is 106 Å². The Kier molecular flexibility index (Phi) is 8.38. The number of fused-ring (bicyclic) bond motifs is 3. The zero-order valence-electron chi connectivity index (χ0n) is 29.6. The Hall–Kier alpha value is -3.39. The lowest BCUT2D eigenvalue weighted by Gasteiger charge is -2.42. The highest BCUT2D eigenvalue weighted by Gasteiger charge is 2.44. The van der Waals surface area contributed by atoms with Crippen molar-refractivity contribution in [3.8, 4) is 0 Å². The van der Waals surface area contributed by atoms with E-state index < -0.39 is 0 Å². The molecule has 1 aromatic carbocycles. The van der Waals surface area contributed by atoms with Gasteiger partial charge in [-0.2, -0.15) is 5.10 Å². The zero-order chi connectivity index (χ0) is 33.0. The Bertz CT molecular complexity index is 1610. The second-order valence-electron chi connectivity index (χ2n) is 16.3. The fourth-order valence-corrected chi connectivity index (χ4v) is 9.51. The summed E-state index contributed by atoms with van der Waals surface area (Å²) >= 11 is 0. The van der Waals surface area contributed by atoms with E-state index in [1.165, 1.54) is 73.5 Å². The lowest BCUT2D eigenvalue weighted by Crippen LogP contribution is -2.39. The zero-order valence-corrected chi connectivity index (χ0v) is 29.6. The molecule has 8 heteroatoms. The van der Waals surface area contributed by atoms with Gasteiger partial charge in [-0.05, 0) is 112 Å². The number of aromatic nitrogens is 4. The first-order chi connectivity index (χ1) is 22.4. The third-order valence-electron chi connectivity index (χ3n) is 12.0. The van der Waals surface area contributed by atoms with Crippen LogP contribution in [0.25, 0.3) is 5.70 Å². The fourth-order valence-electron chi connectivity index (χ4n) is 9.51. The van der Waals surface area contributed by atoms with E-state index in [9.17, 15) is 0 Å². The van der Waals surface area contributed by atoms with Crippen LogP contribution in [0.4, 0.5) is 11.5 Å². The largest absolute Gasteiger partial charge is 0.399 e. The van der Waals surface area contributed by atoms with Crippen LogP contribution in [0.2, 0.25) is 0 Å². The summed E-state index contributed by atoms with van der Waals surface area (Å²) in [6.07, 6.45) is 12.8. The maximum Gasteiger partial charge on any atom is 0.136 e. The van der Waals surface area contributed by atoms with Crippen molar-refractivity contribution < 1.29 is 0 Å². The highest BCUT2D eigenvalue weighted by molar-refractivity contribution is 5.59. The van der Waals surface area contributed by atoms with Gasteiger partial charge >= 0.3 is 0 Å². The number of anilines is 2. The van der Waals surface area contributed by atoms with Gasteiger partial charge in [0.15, 0.2) is 0 Å². The highest BCUT2D eigenvalue weighted by Crippen LogP contribution is 2.47. The van der Waals surface area contributed by atoms with Gasteiger partial charge in [0.2, 0.25) is 0 Å². The Balaban J connectivity index is 1.20. The van der Waals surface area contributed by atoms with Gasteiger partial charge < -0.3 is 15.5 Å². The Morgan fingerprint density at radius 3 is 2.47 bits per heavy atom. The van der Waals surface area contributed by atoms with E-state index in [0.717, 1.165) is 81.1 Å². The first-order valence-electron chi connectivity index (χ1n) is 18.1. The molecular formula is C39H56N8. The number of aryl methyl sites for hydroxylation is 2. The number of hydrogen-bond donors (Lipinski definition) is 1. The third kappa shape index (κ3) is 6.30. The van der Waals surface area contributed by atoms with Gasteiger partial charge in [-0.3, -0.25) is 9.58 Å².